The monoisotopic (exact) mass is 241 g/mol. The Morgan fingerprint density at radius 1 is 0.882 bits per heavy atom. The summed E-state index contributed by atoms with van der Waals surface area (Å²) in [6.07, 6.45) is 1.25. The predicted octanol–water partition coefficient (Wildman–Crippen LogP) is 4.81. The molecule has 1 heteroatoms. The third kappa shape index (κ3) is 4.28. The van der Waals surface area contributed by atoms with Crippen LogP contribution < -0.4 is 0 Å². The maximum atomic E-state index is 2.59. The molecule has 0 aromatic rings. The lowest BCUT2D eigenvalue weighted by atomic mass is 9.76. The highest BCUT2D eigenvalue weighted by atomic mass is 15.2. The Kier molecular flexibility index (Phi) is 5.72. The van der Waals surface area contributed by atoms with Crippen molar-refractivity contribution >= 4 is 0 Å². The van der Waals surface area contributed by atoms with E-state index in [1.165, 1.54) is 6.42 Å². The molecule has 0 N–H and O–H groups in total. The summed E-state index contributed by atoms with van der Waals surface area (Å²) in [5.41, 5.74) is 0.507. The zero-order valence-corrected chi connectivity index (χ0v) is 13.9. The summed E-state index contributed by atoms with van der Waals surface area (Å²) in [7, 11) is 2.29. The lowest BCUT2D eigenvalue weighted by Gasteiger charge is -2.51. The van der Waals surface area contributed by atoms with E-state index in [1.54, 1.807) is 0 Å². The van der Waals surface area contributed by atoms with Crippen LogP contribution in [0.5, 0.6) is 0 Å². The van der Waals surface area contributed by atoms with E-state index in [1.807, 2.05) is 0 Å². The zero-order valence-electron chi connectivity index (χ0n) is 13.9. The molecule has 0 heterocycles. The maximum Gasteiger partial charge on any atom is 0.0183 e. The lowest BCUT2D eigenvalue weighted by molar-refractivity contribution is -0.0135. The standard InChI is InChI=1S/C16H35N/c1-12(2)11-15(6,7)17(10)16(8,9)14(5)13(3)4/h12-14H,11H2,1-10H3. The number of hydrogen-bond acceptors (Lipinski definition) is 1. The summed E-state index contributed by atoms with van der Waals surface area (Å²) in [6, 6.07) is 0. The predicted molar refractivity (Wildman–Crippen MR) is 79.4 cm³/mol. The first-order chi connectivity index (χ1) is 7.43. The van der Waals surface area contributed by atoms with Gasteiger partial charge in [0.15, 0.2) is 0 Å². The summed E-state index contributed by atoms with van der Waals surface area (Å²) in [5.74, 6) is 2.17. The SMILES string of the molecule is CC(C)CC(C)(C)N(C)C(C)(C)C(C)C(C)C. The highest BCUT2D eigenvalue weighted by molar-refractivity contribution is 4.94. The quantitative estimate of drug-likeness (QED) is 0.645. The van der Waals surface area contributed by atoms with E-state index in [-0.39, 0.29) is 11.1 Å². The van der Waals surface area contributed by atoms with Crippen LogP contribution in [0.1, 0.15) is 68.7 Å². The van der Waals surface area contributed by atoms with Gasteiger partial charge in [0.2, 0.25) is 0 Å². The molecule has 0 bridgehead atoms. The van der Waals surface area contributed by atoms with E-state index in [0.29, 0.717) is 5.92 Å². The van der Waals surface area contributed by atoms with Gasteiger partial charge < -0.3 is 0 Å². The van der Waals surface area contributed by atoms with Crippen LogP contribution in [0.15, 0.2) is 0 Å². The normalized spacial score (nSPS) is 16.1. The van der Waals surface area contributed by atoms with Gasteiger partial charge in [-0.1, -0.05) is 34.6 Å². The van der Waals surface area contributed by atoms with E-state index >= 15 is 0 Å². The molecule has 0 aromatic carbocycles. The van der Waals surface area contributed by atoms with Crippen LogP contribution in [0.3, 0.4) is 0 Å². The molecule has 0 saturated carbocycles. The molecule has 0 radical (unpaired) electrons. The molecule has 1 atom stereocenters. The molecular formula is C16H35N. The van der Waals surface area contributed by atoms with Crippen LogP contribution in [0.2, 0.25) is 0 Å². The van der Waals surface area contributed by atoms with Crippen molar-refractivity contribution in [1.82, 2.24) is 4.90 Å². The number of nitrogens with zero attached hydrogens (tertiary/aromatic N) is 1. The van der Waals surface area contributed by atoms with Gasteiger partial charge in [0, 0.05) is 11.1 Å². The van der Waals surface area contributed by atoms with Crippen LogP contribution >= 0.6 is 0 Å². The molecule has 0 aliphatic heterocycles. The van der Waals surface area contributed by atoms with Crippen molar-refractivity contribution in [1.29, 1.82) is 0 Å². The summed E-state index contributed by atoms with van der Waals surface area (Å²) in [5, 5.41) is 0. The minimum atomic E-state index is 0.243. The van der Waals surface area contributed by atoms with Crippen LogP contribution in [-0.2, 0) is 0 Å². The number of hydrogen-bond donors (Lipinski definition) is 0. The summed E-state index contributed by atoms with van der Waals surface area (Å²) in [6.45, 7) is 21.2. The highest BCUT2D eigenvalue weighted by Crippen LogP contribution is 2.35. The Balaban J connectivity index is 4.94. The first kappa shape index (κ1) is 17.0. The van der Waals surface area contributed by atoms with Crippen LogP contribution in [0.4, 0.5) is 0 Å². The molecule has 0 rings (SSSR count). The molecule has 0 aliphatic rings. The number of rotatable bonds is 6. The summed E-state index contributed by atoms with van der Waals surface area (Å²) in [4.78, 5) is 2.59. The summed E-state index contributed by atoms with van der Waals surface area (Å²) < 4.78 is 0. The van der Waals surface area contributed by atoms with Crippen LogP contribution in [0, 0.1) is 17.8 Å². The van der Waals surface area contributed by atoms with Gasteiger partial charge in [-0.15, -0.1) is 0 Å². The van der Waals surface area contributed by atoms with E-state index in [2.05, 4.69) is 74.3 Å². The second-order valence-corrected chi connectivity index (χ2v) is 7.66. The fraction of sp³-hybridized carbons (Fsp3) is 1.00. The van der Waals surface area contributed by atoms with Gasteiger partial charge in [0.05, 0.1) is 0 Å². The molecule has 1 nitrogen and oxygen atoms in total. The van der Waals surface area contributed by atoms with Crippen molar-refractivity contribution in [3.8, 4) is 0 Å². The van der Waals surface area contributed by atoms with E-state index in [0.717, 1.165) is 11.8 Å². The minimum Gasteiger partial charge on any atom is -0.296 e. The topological polar surface area (TPSA) is 3.24 Å². The minimum absolute atomic E-state index is 0.243. The molecule has 0 aliphatic carbocycles. The van der Waals surface area contributed by atoms with E-state index < -0.39 is 0 Å². The average molecular weight is 241 g/mol. The average Bonchev–Trinajstić information content (AvgIpc) is 2.13. The third-order valence-corrected chi connectivity index (χ3v) is 4.79. The molecular weight excluding hydrogens is 206 g/mol. The fourth-order valence-electron chi connectivity index (χ4n) is 3.04. The van der Waals surface area contributed by atoms with Crippen molar-refractivity contribution < 1.29 is 0 Å². The van der Waals surface area contributed by atoms with Gasteiger partial charge in [-0.25, -0.2) is 0 Å². The van der Waals surface area contributed by atoms with E-state index in [9.17, 15) is 0 Å². The Labute approximate surface area is 110 Å². The van der Waals surface area contributed by atoms with Crippen molar-refractivity contribution in [2.24, 2.45) is 17.8 Å². The molecule has 0 saturated heterocycles. The first-order valence-electron chi connectivity index (χ1n) is 7.16. The third-order valence-electron chi connectivity index (χ3n) is 4.79. The van der Waals surface area contributed by atoms with Gasteiger partial charge in [-0.2, -0.15) is 0 Å². The Morgan fingerprint density at radius 3 is 1.59 bits per heavy atom. The van der Waals surface area contributed by atoms with Crippen molar-refractivity contribution in [2.45, 2.75) is 79.8 Å². The van der Waals surface area contributed by atoms with Gasteiger partial charge in [0.1, 0.15) is 0 Å². The van der Waals surface area contributed by atoms with Crippen molar-refractivity contribution in [2.75, 3.05) is 7.05 Å². The summed E-state index contributed by atoms with van der Waals surface area (Å²) >= 11 is 0. The zero-order chi connectivity index (χ0) is 14.0. The molecule has 1 unspecified atom stereocenters. The highest BCUT2D eigenvalue weighted by Gasteiger charge is 2.39. The fourth-order valence-corrected chi connectivity index (χ4v) is 3.04. The second kappa shape index (κ2) is 5.73. The molecule has 0 aromatic heterocycles. The molecule has 0 amide bonds. The second-order valence-electron chi connectivity index (χ2n) is 7.66. The maximum absolute atomic E-state index is 2.59. The van der Waals surface area contributed by atoms with E-state index in [4.69, 9.17) is 0 Å². The molecule has 0 fully saturated rings. The lowest BCUT2D eigenvalue weighted by Crippen LogP contribution is -2.57. The first-order valence-corrected chi connectivity index (χ1v) is 7.16. The van der Waals surface area contributed by atoms with Crippen molar-refractivity contribution in [3.63, 3.8) is 0 Å². The van der Waals surface area contributed by atoms with Crippen LogP contribution in [-0.4, -0.2) is 23.0 Å². The molecule has 17 heavy (non-hydrogen) atoms. The molecule has 104 valence electrons. The van der Waals surface area contributed by atoms with Gasteiger partial charge in [-0.05, 0) is 58.9 Å². The Hall–Kier alpha value is -0.0400. The Morgan fingerprint density at radius 2 is 1.29 bits per heavy atom. The largest absolute Gasteiger partial charge is 0.296 e. The van der Waals surface area contributed by atoms with Gasteiger partial charge in [0.25, 0.3) is 0 Å². The van der Waals surface area contributed by atoms with Gasteiger partial charge in [-0.3, -0.25) is 4.90 Å². The van der Waals surface area contributed by atoms with Crippen molar-refractivity contribution in [3.05, 3.63) is 0 Å². The molecule has 0 spiro atoms. The smallest absolute Gasteiger partial charge is 0.0183 e. The Bertz CT molecular complexity index is 226. The van der Waals surface area contributed by atoms with Gasteiger partial charge >= 0.3 is 0 Å². The van der Waals surface area contributed by atoms with Crippen LogP contribution in [0.25, 0.3) is 0 Å².